The van der Waals surface area contributed by atoms with Crippen LogP contribution in [0.25, 0.3) is 0 Å². The van der Waals surface area contributed by atoms with Crippen LogP contribution in [0.3, 0.4) is 0 Å². The van der Waals surface area contributed by atoms with Gasteiger partial charge in [0.25, 0.3) is 11.8 Å². The number of imide groups is 2. The number of nitrogens with zero attached hydrogens (tertiary/aromatic N) is 3. The Bertz CT molecular complexity index is 2230. The highest BCUT2D eigenvalue weighted by Gasteiger charge is 2.70. The summed E-state index contributed by atoms with van der Waals surface area (Å²) in [4.78, 5) is 74.1. The number of carboxylic acid groups (broad SMARTS) is 1. The van der Waals surface area contributed by atoms with E-state index in [1.807, 2.05) is 0 Å². The molecule has 0 bridgehead atoms. The molecular formula is C36H27Br2Cl2F3N4O8. The molecule has 7 rings (SSSR count). The number of carbonyl (C=O) groups is 5. The number of hydrogen-bond acceptors (Lipinski definition) is 9. The number of nitrogens with one attached hydrogen (secondary N) is 1. The Morgan fingerprint density at radius 1 is 1.05 bits per heavy atom. The van der Waals surface area contributed by atoms with Crippen LogP contribution in [0.15, 0.2) is 63.2 Å². The number of carbonyl (C=O) groups excluding carboxylic acids is 4. The summed E-state index contributed by atoms with van der Waals surface area (Å²) in [6, 6.07) is 8.29. The van der Waals surface area contributed by atoms with Gasteiger partial charge in [-0.15, -0.1) is 0 Å². The zero-order valence-electron chi connectivity index (χ0n) is 28.2. The number of pyridine rings is 1. The second kappa shape index (κ2) is 14.1. The monoisotopic (exact) mass is 928 g/mol. The molecule has 6 atom stereocenters. The van der Waals surface area contributed by atoms with Crippen molar-refractivity contribution in [3.8, 4) is 11.5 Å². The van der Waals surface area contributed by atoms with Crippen LogP contribution in [0.2, 0.25) is 10.0 Å². The SMILES string of the molecule is COc1cc(C2C3=CCC4C(=O)N(CCC(=O)O)C(=O)C4C3CC3C(=O)N(Nc4ncc(C(F)(F)F)cc4Cl)C(=O)C32c2ccc(Cl)cc2)c(Br)c(Br)c1O. The van der Waals surface area contributed by atoms with Crippen molar-refractivity contribution in [2.24, 2.45) is 23.7 Å². The molecule has 3 N–H and O–H groups in total. The molecular weight excluding hydrogens is 904 g/mol. The normalized spacial score (nSPS) is 26.1. The number of aromatic hydroxyl groups is 1. The molecule has 1 aromatic heterocycles. The maximum atomic E-state index is 15.4. The van der Waals surface area contributed by atoms with Crippen LogP contribution < -0.4 is 10.2 Å². The summed E-state index contributed by atoms with van der Waals surface area (Å²) in [5, 5.41) is 20.7. The minimum absolute atomic E-state index is 0.0104. The Kier molecular flexibility index (Phi) is 10.00. The third-order valence-corrected chi connectivity index (χ3v) is 13.6. The summed E-state index contributed by atoms with van der Waals surface area (Å²) in [5.74, 6) is -9.92. The smallest absolute Gasteiger partial charge is 0.417 e. The summed E-state index contributed by atoms with van der Waals surface area (Å²) in [6.07, 6.45) is -3.10. The number of amides is 4. The fourth-order valence-corrected chi connectivity index (χ4v) is 9.89. The Labute approximate surface area is 336 Å². The first kappa shape index (κ1) is 39.1. The summed E-state index contributed by atoms with van der Waals surface area (Å²) >= 11 is 19.5. The minimum Gasteiger partial charge on any atom is -0.503 e. The highest BCUT2D eigenvalue weighted by atomic mass is 79.9. The number of hydrazine groups is 1. The molecule has 0 spiro atoms. The van der Waals surface area contributed by atoms with E-state index >= 15 is 4.79 Å². The van der Waals surface area contributed by atoms with E-state index in [1.54, 1.807) is 18.2 Å². The number of carboxylic acids is 1. The van der Waals surface area contributed by atoms with Gasteiger partial charge in [-0.3, -0.25) is 34.3 Å². The number of phenolic OH excluding ortho intramolecular Hbond substituents is 1. The molecule has 1 saturated carbocycles. The van der Waals surface area contributed by atoms with Crippen molar-refractivity contribution in [3.05, 3.63) is 89.9 Å². The first-order valence-corrected chi connectivity index (χ1v) is 18.9. The van der Waals surface area contributed by atoms with Gasteiger partial charge in [0.1, 0.15) is 0 Å². The lowest BCUT2D eigenvalue weighted by Gasteiger charge is -2.51. The van der Waals surface area contributed by atoms with Crippen molar-refractivity contribution in [2.45, 2.75) is 36.8 Å². The first-order valence-electron chi connectivity index (χ1n) is 16.6. The lowest BCUT2D eigenvalue weighted by molar-refractivity contribution is -0.143. The van der Waals surface area contributed by atoms with Crippen LogP contribution >= 0.6 is 55.1 Å². The van der Waals surface area contributed by atoms with Gasteiger partial charge in [0.05, 0.1) is 51.8 Å². The quantitative estimate of drug-likeness (QED) is 0.157. The largest absolute Gasteiger partial charge is 0.503 e. The van der Waals surface area contributed by atoms with Crippen molar-refractivity contribution in [1.82, 2.24) is 14.9 Å². The summed E-state index contributed by atoms with van der Waals surface area (Å²) in [7, 11) is 1.32. The molecule has 3 heterocycles. The van der Waals surface area contributed by atoms with Gasteiger partial charge in [0.15, 0.2) is 17.3 Å². The van der Waals surface area contributed by atoms with Crippen molar-refractivity contribution in [3.63, 3.8) is 0 Å². The number of aliphatic carboxylic acids is 1. The van der Waals surface area contributed by atoms with E-state index in [2.05, 4.69) is 42.3 Å². The third kappa shape index (κ3) is 6.08. The number of anilines is 1. The number of likely N-dealkylation sites (tertiary alicyclic amines) is 1. The van der Waals surface area contributed by atoms with Gasteiger partial charge >= 0.3 is 12.1 Å². The summed E-state index contributed by atoms with van der Waals surface area (Å²) in [6.45, 7) is -0.354. The van der Waals surface area contributed by atoms with Gasteiger partial charge in [-0.25, -0.2) is 4.98 Å². The third-order valence-electron chi connectivity index (χ3n) is 10.9. The van der Waals surface area contributed by atoms with E-state index in [-0.39, 0.29) is 39.8 Å². The second-order valence-corrected chi connectivity index (χ2v) is 16.0. The van der Waals surface area contributed by atoms with Crippen LogP contribution in [-0.4, -0.2) is 68.4 Å². The van der Waals surface area contributed by atoms with Crippen molar-refractivity contribution < 1.29 is 52.1 Å². The molecule has 2 aliphatic carbocycles. The van der Waals surface area contributed by atoms with Crippen LogP contribution in [-0.2, 0) is 35.6 Å². The molecule has 4 aliphatic rings. The van der Waals surface area contributed by atoms with Gasteiger partial charge < -0.3 is 14.9 Å². The highest BCUT2D eigenvalue weighted by Crippen LogP contribution is 2.65. The number of halogens is 7. The van der Waals surface area contributed by atoms with Crippen LogP contribution in [0.5, 0.6) is 11.5 Å². The van der Waals surface area contributed by atoms with E-state index in [0.717, 1.165) is 4.90 Å². The average molecular weight is 931 g/mol. The Balaban J connectivity index is 1.46. The van der Waals surface area contributed by atoms with Crippen LogP contribution in [0, 0.1) is 23.7 Å². The number of aromatic nitrogens is 1. The summed E-state index contributed by atoms with van der Waals surface area (Å²) in [5.41, 5.74) is 0.709. The molecule has 3 aromatic rings. The number of ether oxygens (including phenoxy) is 1. The lowest BCUT2D eigenvalue weighted by atomic mass is 9.49. The molecule has 2 saturated heterocycles. The Morgan fingerprint density at radius 2 is 1.75 bits per heavy atom. The van der Waals surface area contributed by atoms with E-state index < -0.39 is 93.6 Å². The number of fused-ring (bicyclic) bond motifs is 4. The zero-order valence-corrected chi connectivity index (χ0v) is 32.8. The maximum absolute atomic E-state index is 15.4. The molecule has 288 valence electrons. The number of rotatable bonds is 8. The van der Waals surface area contributed by atoms with Gasteiger partial charge in [-0.2, -0.15) is 18.2 Å². The molecule has 0 radical (unpaired) electrons. The number of methoxy groups -OCH3 is 1. The fraction of sp³-hybridized carbons (Fsp3) is 0.333. The predicted octanol–water partition coefficient (Wildman–Crippen LogP) is 7.11. The minimum atomic E-state index is -4.79. The standard InChI is InChI=1S/C36H27Br2Cl2F3N4O8/c1-55-23-12-20(27(37)28(38)29(23)50)26-17-6-7-18-25(33(53)46(31(18)51)9-8-24(48)49)19(17)11-21-32(52)47(34(54)35(21,26)14-2-4-16(39)5-3-14)45-30-22(40)10-15(13-44-30)36(41,42)43/h2-6,10,12-13,18-19,21,25-26,50H,7-9,11H2,1H3,(H,44,45)(H,48,49). The topological polar surface area (TPSA) is 166 Å². The zero-order chi connectivity index (χ0) is 39.9. The van der Waals surface area contributed by atoms with Gasteiger partial charge in [0.2, 0.25) is 11.8 Å². The van der Waals surface area contributed by atoms with Gasteiger partial charge in [-0.05, 0) is 86.0 Å². The molecule has 3 fully saturated rings. The molecule has 4 amide bonds. The number of phenols is 1. The fourth-order valence-electron chi connectivity index (χ4n) is 8.60. The van der Waals surface area contributed by atoms with Crippen molar-refractivity contribution in [2.75, 3.05) is 19.1 Å². The lowest BCUT2D eigenvalue weighted by Crippen LogP contribution is -2.53. The molecule has 55 heavy (non-hydrogen) atoms. The maximum Gasteiger partial charge on any atom is 0.417 e. The van der Waals surface area contributed by atoms with E-state index in [9.17, 15) is 42.6 Å². The highest BCUT2D eigenvalue weighted by molar-refractivity contribution is 9.13. The van der Waals surface area contributed by atoms with Gasteiger partial charge in [0, 0.05) is 28.2 Å². The van der Waals surface area contributed by atoms with Crippen LogP contribution in [0.1, 0.15) is 41.9 Å². The van der Waals surface area contributed by atoms with E-state index in [0.29, 0.717) is 39.0 Å². The van der Waals surface area contributed by atoms with Crippen molar-refractivity contribution in [1.29, 1.82) is 0 Å². The van der Waals surface area contributed by atoms with E-state index in [1.165, 1.54) is 25.3 Å². The molecule has 2 aromatic carbocycles. The van der Waals surface area contributed by atoms with Crippen LogP contribution in [0.4, 0.5) is 19.0 Å². The molecule has 2 aliphatic heterocycles. The molecule has 19 heteroatoms. The number of alkyl halides is 3. The Hall–Kier alpha value is -4.19. The molecule has 6 unspecified atom stereocenters. The van der Waals surface area contributed by atoms with E-state index in [4.69, 9.17) is 27.9 Å². The number of allylic oxidation sites excluding steroid dienone is 2. The van der Waals surface area contributed by atoms with Gasteiger partial charge in [-0.1, -0.05) is 47.0 Å². The summed E-state index contributed by atoms with van der Waals surface area (Å²) < 4.78 is 46.3. The first-order chi connectivity index (χ1) is 25.9. The van der Waals surface area contributed by atoms with Crippen molar-refractivity contribution >= 4 is 90.5 Å². The number of hydrogen-bond donors (Lipinski definition) is 3. The average Bonchev–Trinajstić information content (AvgIpc) is 3.51. The second-order valence-electron chi connectivity index (χ2n) is 13.5. The molecule has 12 nitrogen and oxygen atoms in total. The Morgan fingerprint density at radius 3 is 2.36 bits per heavy atom. The number of benzene rings is 2. The predicted molar refractivity (Wildman–Crippen MR) is 196 cm³/mol.